The first-order valence-corrected chi connectivity index (χ1v) is 11.7. The van der Waals surface area contributed by atoms with Gasteiger partial charge in [-0.1, -0.05) is 29.8 Å². The zero-order valence-electron chi connectivity index (χ0n) is 18.1. The number of hydrogen-bond acceptors (Lipinski definition) is 4. The highest BCUT2D eigenvalue weighted by Gasteiger charge is 2.24. The van der Waals surface area contributed by atoms with Gasteiger partial charge in [0.05, 0.1) is 23.2 Å². The van der Waals surface area contributed by atoms with Gasteiger partial charge in [0.2, 0.25) is 15.9 Å². The van der Waals surface area contributed by atoms with Crippen molar-refractivity contribution in [2.45, 2.75) is 27.7 Å². The largest absolute Gasteiger partial charge is 0.339 e. The maximum Gasteiger partial charge on any atom is 0.255 e. The molecule has 0 bridgehead atoms. The van der Waals surface area contributed by atoms with Gasteiger partial charge in [0.25, 0.3) is 5.91 Å². The number of sulfonamides is 1. The van der Waals surface area contributed by atoms with Crippen LogP contribution in [0.5, 0.6) is 0 Å². The summed E-state index contributed by atoms with van der Waals surface area (Å²) >= 11 is 0. The maximum atomic E-state index is 12.8. The lowest BCUT2D eigenvalue weighted by Gasteiger charge is -2.24. The minimum absolute atomic E-state index is 0.190. The van der Waals surface area contributed by atoms with Crippen molar-refractivity contribution in [1.82, 2.24) is 4.90 Å². The number of nitrogens with one attached hydrogen (secondary N) is 1. The van der Waals surface area contributed by atoms with Crippen LogP contribution in [0.15, 0.2) is 42.5 Å². The average molecular weight is 432 g/mol. The first kappa shape index (κ1) is 23.4. The summed E-state index contributed by atoms with van der Waals surface area (Å²) in [6, 6.07) is 12.1. The van der Waals surface area contributed by atoms with Crippen molar-refractivity contribution < 1.29 is 18.0 Å². The molecule has 0 heterocycles. The summed E-state index contributed by atoms with van der Waals surface area (Å²) in [5, 5.41) is 2.71. The second-order valence-corrected chi connectivity index (χ2v) is 9.04. The molecular weight excluding hydrogens is 402 g/mol. The number of amides is 2. The molecule has 30 heavy (non-hydrogen) atoms. The van der Waals surface area contributed by atoms with E-state index in [0.717, 1.165) is 21.7 Å². The Balaban J connectivity index is 2.30. The highest BCUT2D eigenvalue weighted by atomic mass is 32.2. The molecule has 2 amide bonds. The minimum Gasteiger partial charge on any atom is -0.339 e. The summed E-state index contributed by atoms with van der Waals surface area (Å²) < 4.78 is 25.8. The zero-order valence-corrected chi connectivity index (χ0v) is 18.9. The molecule has 1 N–H and O–H groups in total. The van der Waals surface area contributed by atoms with Crippen LogP contribution < -0.4 is 9.62 Å². The monoisotopic (exact) mass is 431 g/mol. The van der Waals surface area contributed by atoms with E-state index in [0.29, 0.717) is 30.0 Å². The summed E-state index contributed by atoms with van der Waals surface area (Å²) in [7, 11) is -3.69. The van der Waals surface area contributed by atoms with E-state index in [4.69, 9.17) is 0 Å². The molecule has 0 aliphatic heterocycles. The van der Waals surface area contributed by atoms with Crippen LogP contribution in [0.2, 0.25) is 0 Å². The molecule has 0 fully saturated rings. The van der Waals surface area contributed by atoms with Crippen molar-refractivity contribution >= 4 is 33.2 Å². The molecule has 7 nitrogen and oxygen atoms in total. The third kappa shape index (κ3) is 5.60. The van der Waals surface area contributed by atoms with Gasteiger partial charge in [0, 0.05) is 13.1 Å². The quantitative estimate of drug-likeness (QED) is 0.695. The second kappa shape index (κ2) is 9.75. The third-order valence-corrected chi connectivity index (χ3v) is 5.92. The summed E-state index contributed by atoms with van der Waals surface area (Å²) in [6.45, 7) is 8.19. The lowest BCUT2D eigenvalue weighted by Crippen LogP contribution is -2.38. The van der Waals surface area contributed by atoms with E-state index in [9.17, 15) is 18.0 Å². The lowest BCUT2D eigenvalue weighted by molar-refractivity contribution is -0.114. The smallest absolute Gasteiger partial charge is 0.255 e. The molecule has 2 aromatic rings. The molecule has 2 aromatic carbocycles. The van der Waals surface area contributed by atoms with Crippen LogP contribution in [0.1, 0.15) is 35.3 Å². The maximum absolute atomic E-state index is 12.8. The van der Waals surface area contributed by atoms with Crippen molar-refractivity contribution in [2.75, 3.05) is 35.5 Å². The first-order chi connectivity index (χ1) is 14.1. The van der Waals surface area contributed by atoms with Crippen LogP contribution >= 0.6 is 0 Å². The van der Waals surface area contributed by atoms with Crippen molar-refractivity contribution in [3.05, 3.63) is 59.2 Å². The Labute approximate surface area is 178 Å². The van der Waals surface area contributed by atoms with E-state index in [1.54, 1.807) is 48.2 Å². The van der Waals surface area contributed by atoms with Gasteiger partial charge in [-0.15, -0.1) is 0 Å². The normalized spacial score (nSPS) is 11.1. The van der Waals surface area contributed by atoms with Gasteiger partial charge >= 0.3 is 0 Å². The molecule has 2 rings (SSSR count). The van der Waals surface area contributed by atoms with E-state index >= 15 is 0 Å². The van der Waals surface area contributed by atoms with Gasteiger partial charge in [0.15, 0.2) is 0 Å². The summed E-state index contributed by atoms with van der Waals surface area (Å²) in [4.78, 5) is 27.2. The number of carbonyl (C=O) groups is 2. The Bertz CT molecular complexity index is 1030. The van der Waals surface area contributed by atoms with Crippen LogP contribution in [0.25, 0.3) is 0 Å². The summed E-state index contributed by atoms with van der Waals surface area (Å²) in [5.74, 6) is -0.717. The summed E-state index contributed by atoms with van der Waals surface area (Å²) in [5.41, 5.74) is 2.93. The van der Waals surface area contributed by atoms with E-state index < -0.39 is 22.5 Å². The van der Waals surface area contributed by atoms with E-state index in [2.05, 4.69) is 5.32 Å². The topological polar surface area (TPSA) is 86.8 Å². The van der Waals surface area contributed by atoms with Crippen molar-refractivity contribution in [3.63, 3.8) is 0 Å². The number of benzene rings is 2. The Kier molecular flexibility index (Phi) is 7.61. The number of rotatable bonds is 8. The van der Waals surface area contributed by atoms with Crippen LogP contribution in [-0.4, -0.2) is 51.0 Å². The number of para-hydroxylation sites is 1. The van der Waals surface area contributed by atoms with Crippen molar-refractivity contribution in [1.29, 1.82) is 0 Å². The van der Waals surface area contributed by atoms with Crippen LogP contribution in [0, 0.1) is 13.8 Å². The Hall–Kier alpha value is -2.87. The number of hydrogen-bond donors (Lipinski definition) is 1. The molecular formula is C22H29N3O4S. The van der Waals surface area contributed by atoms with Gasteiger partial charge < -0.3 is 10.2 Å². The van der Waals surface area contributed by atoms with E-state index in [1.807, 2.05) is 26.8 Å². The van der Waals surface area contributed by atoms with Gasteiger partial charge in [0.1, 0.15) is 6.54 Å². The predicted octanol–water partition coefficient (Wildman–Crippen LogP) is 3.19. The average Bonchev–Trinajstić information content (AvgIpc) is 2.67. The molecule has 0 aliphatic rings. The molecule has 0 aromatic heterocycles. The SMILES string of the molecule is CCN(CC)C(=O)c1ccccc1NC(=O)CN(c1ccc(C)cc1C)S(C)(=O)=O. The second-order valence-electron chi connectivity index (χ2n) is 7.13. The van der Waals surface area contributed by atoms with E-state index in [1.165, 1.54) is 0 Å². The molecule has 0 radical (unpaired) electrons. The van der Waals surface area contributed by atoms with Gasteiger partial charge in [-0.05, 0) is 51.5 Å². The number of aryl methyl sites for hydroxylation is 2. The lowest BCUT2D eigenvalue weighted by atomic mass is 10.1. The minimum atomic E-state index is -3.69. The van der Waals surface area contributed by atoms with Crippen molar-refractivity contribution in [2.24, 2.45) is 0 Å². The summed E-state index contributed by atoms with van der Waals surface area (Å²) in [6.07, 6.45) is 1.07. The highest BCUT2D eigenvalue weighted by Crippen LogP contribution is 2.24. The van der Waals surface area contributed by atoms with Crippen molar-refractivity contribution in [3.8, 4) is 0 Å². The molecule has 8 heteroatoms. The fraction of sp³-hybridized carbons (Fsp3) is 0.364. The number of anilines is 2. The van der Waals surface area contributed by atoms with Gasteiger partial charge in [-0.3, -0.25) is 13.9 Å². The molecule has 0 spiro atoms. The Morgan fingerprint density at radius 1 is 1.00 bits per heavy atom. The number of nitrogens with zero attached hydrogens (tertiary/aromatic N) is 2. The third-order valence-electron chi connectivity index (χ3n) is 4.79. The molecule has 0 saturated heterocycles. The molecule has 0 aliphatic carbocycles. The van der Waals surface area contributed by atoms with Gasteiger partial charge in [-0.25, -0.2) is 8.42 Å². The highest BCUT2D eigenvalue weighted by molar-refractivity contribution is 7.92. The van der Waals surface area contributed by atoms with Crippen LogP contribution in [-0.2, 0) is 14.8 Å². The predicted molar refractivity (Wildman–Crippen MR) is 120 cm³/mol. The van der Waals surface area contributed by atoms with E-state index in [-0.39, 0.29) is 5.91 Å². The molecule has 0 atom stereocenters. The Morgan fingerprint density at radius 3 is 2.20 bits per heavy atom. The fourth-order valence-electron chi connectivity index (χ4n) is 3.25. The Morgan fingerprint density at radius 2 is 1.63 bits per heavy atom. The molecule has 0 unspecified atom stereocenters. The number of carbonyl (C=O) groups excluding carboxylic acids is 2. The fourth-order valence-corrected chi connectivity index (χ4v) is 4.16. The van der Waals surface area contributed by atoms with Crippen LogP contribution in [0.3, 0.4) is 0 Å². The molecule has 0 saturated carbocycles. The zero-order chi connectivity index (χ0) is 22.5. The molecule has 162 valence electrons. The standard InChI is InChI=1S/C22H29N3O4S/c1-6-24(7-2)22(27)18-10-8-9-11-19(18)23-21(26)15-25(30(5,28)29)20-13-12-16(3)14-17(20)4/h8-14H,6-7,15H2,1-5H3,(H,23,26). The van der Waals surface area contributed by atoms with Gasteiger partial charge in [-0.2, -0.15) is 0 Å². The first-order valence-electron chi connectivity index (χ1n) is 9.81. The van der Waals surface area contributed by atoms with Crippen LogP contribution in [0.4, 0.5) is 11.4 Å².